The van der Waals surface area contributed by atoms with Crippen LogP contribution in [0.1, 0.15) is 113 Å². The van der Waals surface area contributed by atoms with Gasteiger partial charge in [-0.15, -0.1) is 0 Å². The molecule has 0 bridgehead atoms. The van der Waals surface area contributed by atoms with Crippen LogP contribution in [0.15, 0.2) is 4.99 Å². The molecule has 2 aliphatic heterocycles. The Morgan fingerprint density at radius 2 is 0.780 bits per heavy atom. The van der Waals surface area contributed by atoms with Crippen molar-refractivity contribution in [3.63, 3.8) is 0 Å². The summed E-state index contributed by atoms with van der Waals surface area (Å²) < 4.78 is 0. The van der Waals surface area contributed by atoms with Crippen molar-refractivity contribution < 1.29 is 142 Å². The zero-order valence-corrected chi connectivity index (χ0v) is 66.4. The molecule has 118 heavy (non-hydrogen) atoms. The Labute approximate surface area is 676 Å². The number of carboxylic acid groups (broad SMARTS) is 2. The summed E-state index contributed by atoms with van der Waals surface area (Å²) in [6, 6.07) is -28.0. The summed E-state index contributed by atoms with van der Waals surface area (Å²) in [4.78, 5) is 259. The van der Waals surface area contributed by atoms with E-state index in [4.69, 9.17) is 22.9 Å². The maximum atomic E-state index is 14.2. The van der Waals surface area contributed by atoms with Crippen molar-refractivity contribution in [3.05, 3.63) is 0 Å². The zero-order chi connectivity index (χ0) is 89.9. The SMILES string of the molecule is CC[C@H](C)[C@H](NC(=O)[C@H](CO)NC(=O)[C@@H](NC(=O)[C@@H](NC(=O)[C@H](CO)NC(=O)[C@H](CO)NC(=O)[C@@H](NC(=O)[C@H](CO)NC(=O)CNC(=O)[C@@H]1CCCN1C(=O)[C@@H](N)CO)[C@@H](C)O)C(C)C)[C@@H](C)O)C(=O)N[C@@H](CC(N)=O)C(=O)N[C@@H](CO)C(=O)N[C@@H](CCCN=C(N)N)C(=O)N[C@H](C(=O)N1CCC[C@H]1C(=O)N[C@@H](CC(=O)O)C(=O)O)C(C)C. The predicted octanol–water partition coefficient (Wildman–Crippen LogP) is -15.7. The average molecular weight is 1690 g/mol. The van der Waals surface area contributed by atoms with Gasteiger partial charge in [-0.05, 0) is 70.1 Å². The van der Waals surface area contributed by atoms with E-state index >= 15 is 0 Å². The lowest BCUT2D eigenvalue weighted by Crippen LogP contribution is -2.64. The lowest BCUT2D eigenvalue weighted by atomic mass is 9.97. The monoisotopic (exact) mass is 1690 g/mol. The van der Waals surface area contributed by atoms with Crippen molar-refractivity contribution in [3.8, 4) is 0 Å². The van der Waals surface area contributed by atoms with Crippen LogP contribution in [0.25, 0.3) is 0 Å². The molecule has 17 amide bonds. The second-order valence-corrected chi connectivity index (χ2v) is 28.7. The Balaban J connectivity index is 2.26. The highest BCUT2D eigenvalue weighted by atomic mass is 16.4. The van der Waals surface area contributed by atoms with Gasteiger partial charge >= 0.3 is 11.9 Å². The number of aliphatic hydroxyl groups excluding tert-OH is 8. The quantitative estimate of drug-likeness (QED) is 0.0153. The first-order valence-electron chi connectivity index (χ1n) is 37.7. The van der Waals surface area contributed by atoms with E-state index in [0.717, 1.165) is 23.6 Å². The molecule has 32 N–H and O–H groups in total. The van der Waals surface area contributed by atoms with E-state index in [1.807, 2.05) is 10.6 Å². The molecule has 50 nitrogen and oxygen atoms in total. The van der Waals surface area contributed by atoms with Gasteiger partial charge in [0.05, 0.1) is 71.2 Å². The number of aliphatic carboxylic acids is 2. The average Bonchev–Trinajstić information content (AvgIpc) is 1.64. The summed E-state index contributed by atoms with van der Waals surface area (Å²) in [5.74, 6) is -25.9. The van der Waals surface area contributed by atoms with Gasteiger partial charge in [0.2, 0.25) is 100 Å². The number of carbonyl (C=O) groups is 19. The number of carbonyl (C=O) groups excluding carboxylic acids is 17. The van der Waals surface area contributed by atoms with Crippen LogP contribution in [0.2, 0.25) is 0 Å². The molecule has 0 spiro atoms. The zero-order valence-electron chi connectivity index (χ0n) is 66.4. The van der Waals surface area contributed by atoms with Gasteiger partial charge in [0.25, 0.3) is 0 Å². The van der Waals surface area contributed by atoms with E-state index in [1.54, 1.807) is 6.92 Å². The number of carboxylic acids is 2. The van der Waals surface area contributed by atoms with Crippen LogP contribution in [0.5, 0.6) is 0 Å². The van der Waals surface area contributed by atoms with Crippen LogP contribution in [0.3, 0.4) is 0 Å². The summed E-state index contributed by atoms with van der Waals surface area (Å²) in [5.41, 5.74) is 22.0. The molecule has 2 rings (SSSR count). The molecule has 19 atom stereocenters. The first-order chi connectivity index (χ1) is 55.3. The maximum Gasteiger partial charge on any atom is 0.326 e. The van der Waals surface area contributed by atoms with Gasteiger partial charge in [-0.2, -0.15) is 0 Å². The molecule has 2 aliphatic rings. The molecule has 2 heterocycles. The van der Waals surface area contributed by atoms with Crippen molar-refractivity contribution in [1.29, 1.82) is 0 Å². The molecule has 0 aromatic carbocycles. The summed E-state index contributed by atoms with van der Waals surface area (Å²) in [6.07, 6.45) is -5.06. The highest BCUT2D eigenvalue weighted by molar-refractivity contribution is 6.02. The number of nitrogens with one attached hydrogen (secondary N) is 14. The number of nitrogens with two attached hydrogens (primary N) is 4. The molecule has 0 aromatic heterocycles. The third-order valence-electron chi connectivity index (χ3n) is 18.7. The molecule has 0 saturated carbocycles. The van der Waals surface area contributed by atoms with E-state index in [-0.39, 0.29) is 64.1 Å². The fourth-order valence-corrected chi connectivity index (χ4v) is 11.8. The van der Waals surface area contributed by atoms with E-state index in [9.17, 15) is 142 Å². The lowest BCUT2D eigenvalue weighted by Gasteiger charge is -2.32. The molecular weight excluding hydrogens is 1570 g/mol. The predicted molar refractivity (Wildman–Crippen MR) is 404 cm³/mol. The Morgan fingerprint density at radius 3 is 1.19 bits per heavy atom. The molecular formula is C68H115N21O29. The van der Waals surface area contributed by atoms with Gasteiger partial charge in [-0.25, -0.2) is 4.79 Å². The number of hydrogen-bond donors (Lipinski definition) is 28. The van der Waals surface area contributed by atoms with Crippen LogP contribution < -0.4 is 97.4 Å². The summed E-state index contributed by atoms with van der Waals surface area (Å²) in [5, 5.41) is 131. The van der Waals surface area contributed by atoms with Crippen LogP contribution in [0.4, 0.5) is 0 Å². The highest BCUT2D eigenvalue weighted by Crippen LogP contribution is 2.23. The molecule has 2 fully saturated rings. The highest BCUT2D eigenvalue weighted by Gasteiger charge is 2.44. The molecule has 0 unspecified atom stereocenters. The van der Waals surface area contributed by atoms with Crippen molar-refractivity contribution in [2.75, 3.05) is 65.8 Å². The molecule has 50 heteroatoms. The number of guanidine groups is 1. The van der Waals surface area contributed by atoms with E-state index in [2.05, 4.69) is 68.8 Å². The van der Waals surface area contributed by atoms with Crippen LogP contribution in [-0.4, -0.2) is 354 Å². The second-order valence-electron chi connectivity index (χ2n) is 28.7. The standard InChI is InChI=1S/C68H115N21O29/c1-9-30(6)49(62(112)77-35(19-44(70)98)53(103)79-38(24-92)54(104)76-34(13-10-16-73-68(71)72)52(102)84-48(29(4)5)66(116)89-18-12-15-43(89)60(110)78-36(67(117)118)20-46(100)101)85-58(108)41(27-95)82-64(114)51(32(8)97)87-61(111)47(28(2)3)83-57(107)40(26-94)80-55(105)39(25-93)81-63(113)50(31(7)96)86-56(106)37(23-91)75-45(99)21-74-59(109)42-14-11-17-88(42)65(115)33(69)22-90/h28-43,47-51,90-97H,9-27,69H2,1-8H3,(H2,70,98)(H,74,109)(H,75,99)(H,76,104)(H,77,112)(H,78,110)(H,79,103)(H,80,105)(H,81,113)(H,82,114)(H,83,107)(H,84,102)(H,85,108)(H,86,106)(H,87,111)(H,100,101)(H,117,118)(H4,71,72,73)/t30-,31+,32+,33-,34-,35-,36-,37-,38-,39-,40-,41-,42-,43-,47-,48-,49-,50-,51-/m0/s1. The molecule has 0 aromatic rings. The fourth-order valence-electron chi connectivity index (χ4n) is 11.8. The largest absolute Gasteiger partial charge is 0.481 e. The van der Waals surface area contributed by atoms with Crippen LogP contribution >= 0.6 is 0 Å². The van der Waals surface area contributed by atoms with Gasteiger partial charge in [-0.3, -0.25) is 91.3 Å². The van der Waals surface area contributed by atoms with Crippen molar-refractivity contribution in [2.45, 2.75) is 222 Å². The van der Waals surface area contributed by atoms with Gasteiger partial charge < -0.3 is 158 Å². The third kappa shape index (κ3) is 32.4. The molecule has 0 aliphatic carbocycles. The third-order valence-corrected chi connectivity index (χ3v) is 18.7. The fraction of sp³-hybridized carbons (Fsp3) is 0.706. The Kier molecular flexibility index (Phi) is 44.0. The minimum Gasteiger partial charge on any atom is -0.481 e. The molecule has 666 valence electrons. The molecule has 0 radical (unpaired) electrons. The normalized spacial score (nSPS) is 18.1. The summed E-state index contributed by atoms with van der Waals surface area (Å²) >= 11 is 0. The number of likely N-dealkylation sites (tertiary alicyclic amines) is 2. The number of aliphatic imine (C=N–C) groups is 1. The van der Waals surface area contributed by atoms with Crippen LogP contribution in [-0.2, 0) is 91.1 Å². The first kappa shape index (κ1) is 103. The number of hydrogen-bond acceptors (Lipinski definition) is 29. The number of nitrogens with zero attached hydrogens (tertiary/aromatic N) is 3. The Bertz CT molecular complexity index is 3570. The van der Waals surface area contributed by atoms with Crippen LogP contribution in [0, 0.1) is 17.8 Å². The van der Waals surface area contributed by atoms with Gasteiger partial charge in [-0.1, -0.05) is 48.0 Å². The summed E-state index contributed by atoms with van der Waals surface area (Å²) in [7, 11) is 0. The Hall–Kier alpha value is -11.2. The number of rotatable bonds is 51. The van der Waals surface area contributed by atoms with Crippen molar-refractivity contribution >= 4 is 118 Å². The number of aliphatic hydroxyl groups is 8. The van der Waals surface area contributed by atoms with Crippen molar-refractivity contribution in [2.24, 2.45) is 45.7 Å². The van der Waals surface area contributed by atoms with E-state index < -0.39 is 298 Å². The van der Waals surface area contributed by atoms with Gasteiger partial charge in [0.1, 0.15) is 96.7 Å². The topological polar surface area (TPSA) is 818 Å². The summed E-state index contributed by atoms with van der Waals surface area (Å²) in [6.45, 7) is 3.16. The van der Waals surface area contributed by atoms with E-state index in [0.29, 0.717) is 6.42 Å². The smallest absolute Gasteiger partial charge is 0.326 e. The van der Waals surface area contributed by atoms with E-state index in [1.165, 1.54) is 34.6 Å². The number of primary amides is 1. The first-order valence-corrected chi connectivity index (χ1v) is 37.7. The molecule has 2 saturated heterocycles. The van der Waals surface area contributed by atoms with Gasteiger partial charge in [0.15, 0.2) is 5.96 Å². The van der Waals surface area contributed by atoms with Gasteiger partial charge in [0, 0.05) is 19.6 Å². The lowest BCUT2D eigenvalue weighted by molar-refractivity contribution is -0.148. The minimum atomic E-state index is -2.04. The second kappa shape index (κ2) is 50.5. The van der Waals surface area contributed by atoms with Crippen molar-refractivity contribution in [1.82, 2.24) is 84.2 Å². The maximum absolute atomic E-state index is 14.2. The number of amides is 17. The minimum absolute atomic E-state index is 0.0248. The Morgan fingerprint density at radius 1 is 0.415 bits per heavy atom.